The molecule has 9 nitrogen and oxygen atoms in total. The van der Waals surface area contributed by atoms with E-state index in [-0.39, 0.29) is 5.95 Å². The van der Waals surface area contributed by atoms with Crippen LogP contribution in [0.4, 0.5) is 5.95 Å². The lowest BCUT2D eigenvalue weighted by Gasteiger charge is -2.11. The lowest BCUT2D eigenvalue weighted by Crippen LogP contribution is -2.33. The highest BCUT2D eigenvalue weighted by Crippen LogP contribution is 2.27. The predicted octanol–water partition coefficient (Wildman–Crippen LogP) is -3.13. The maximum absolute atomic E-state index is 9.57. The highest BCUT2D eigenvalue weighted by atomic mass is 16.6. The summed E-state index contributed by atoms with van der Waals surface area (Å²) in [6.07, 6.45) is -4.26. The van der Waals surface area contributed by atoms with Crippen molar-refractivity contribution in [3.63, 3.8) is 0 Å². The van der Waals surface area contributed by atoms with Gasteiger partial charge in [0.25, 0.3) is 5.95 Å². The minimum absolute atomic E-state index is 0.0623. The van der Waals surface area contributed by atoms with E-state index in [1.54, 1.807) is 0 Å². The van der Waals surface area contributed by atoms with E-state index in [1.165, 1.54) is 0 Å². The van der Waals surface area contributed by atoms with Crippen molar-refractivity contribution in [2.24, 2.45) is 0 Å². The third kappa shape index (κ3) is 1.65. The number of nitrogens with zero attached hydrogens (tertiary/aromatic N) is 4. The number of aliphatic hydroxyl groups is 3. The SMILES string of the molecule is Nc1nnn([C@@H]2O[C@H](CO)[C@@H](O)[C@H]2O)n1. The van der Waals surface area contributed by atoms with Gasteiger partial charge >= 0.3 is 0 Å². The van der Waals surface area contributed by atoms with E-state index in [0.29, 0.717) is 0 Å². The van der Waals surface area contributed by atoms with E-state index in [4.69, 9.17) is 15.6 Å². The summed E-state index contributed by atoms with van der Waals surface area (Å²) >= 11 is 0. The molecule has 1 aromatic rings. The zero-order chi connectivity index (χ0) is 11.0. The van der Waals surface area contributed by atoms with Gasteiger partial charge in [0.1, 0.15) is 18.3 Å². The summed E-state index contributed by atoms with van der Waals surface area (Å²) in [6, 6.07) is 0. The second-order valence-electron chi connectivity index (χ2n) is 3.20. The first-order chi connectivity index (χ1) is 7.13. The van der Waals surface area contributed by atoms with Crippen LogP contribution in [-0.2, 0) is 4.74 Å². The molecule has 2 rings (SSSR count). The summed E-state index contributed by atoms with van der Waals surface area (Å²) in [5.74, 6) is -0.0623. The lowest BCUT2D eigenvalue weighted by atomic mass is 10.1. The van der Waals surface area contributed by atoms with Crippen molar-refractivity contribution in [1.29, 1.82) is 0 Å². The molecule has 1 saturated heterocycles. The van der Waals surface area contributed by atoms with Gasteiger partial charge in [0, 0.05) is 0 Å². The number of nitrogens with two attached hydrogens (primary N) is 1. The maximum atomic E-state index is 9.57. The minimum Gasteiger partial charge on any atom is -0.394 e. The van der Waals surface area contributed by atoms with Crippen molar-refractivity contribution in [3.8, 4) is 0 Å². The second kappa shape index (κ2) is 3.70. The van der Waals surface area contributed by atoms with E-state index in [2.05, 4.69) is 15.4 Å². The van der Waals surface area contributed by atoms with Gasteiger partial charge in [0.15, 0.2) is 6.23 Å². The number of rotatable bonds is 2. The molecule has 0 radical (unpaired) electrons. The third-order valence-electron chi connectivity index (χ3n) is 2.19. The quantitative estimate of drug-likeness (QED) is 0.407. The fraction of sp³-hybridized carbons (Fsp3) is 0.833. The summed E-state index contributed by atoms with van der Waals surface area (Å²) in [5, 5.41) is 38.4. The fourth-order valence-corrected chi connectivity index (χ4v) is 1.42. The topological polar surface area (TPSA) is 140 Å². The van der Waals surface area contributed by atoms with Crippen LogP contribution in [0.3, 0.4) is 0 Å². The molecule has 1 aromatic heterocycles. The number of tetrazole rings is 1. The summed E-state index contributed by atoms with van der Waals surface area (Å²) < 4.78 is 5.13. The summed E-state index contributed by atoms with van der Waals surface area (Å²) in [4.78, 5) is 0.957. The molecule has 0 bridgehead atoms. The Morgan fingerprint density at radius 1 is 1.40 bits per heavy atom. The number of aromatic nitrogens is 4. The molecule has 4 atom stereocenters. The zero-order valence-electron chi connectivity index (χ0n) is 7.63. The Balaban J connectivity index is 2.18. The predicted molar refractivity (Wildman–Crippen MR) is 45.2 cm³/mol. The highest BCUT2D eigenvalue weighted by Gasteiger charge is 2.44. The van der Waals surface area contributed by atoms with Crippen LogP contribution in [0.5, 0.6) is 0 Å². The van der Waals surface area contributed by atoms with Crippen molar-refractivity contribution < 1.29 is 20.1 Å². The van der Waals surface area contributed by atoms with Crippen LogP contribution in [0.15, 0.2) is 0 Å². The molecule has 0 unspecified atom stereocenters. The molecule has 0 aliphatic carbocycles. The fourth-order valence-electron chi connectivity index (χ4n) is 1.42. The van der Waals surface area contributed by atoms with Gasteiger partial charge in [-0.2, -0.15) is 0 Å². The maximum Gasteiger partial charge on any atom is 0.261 e. The van der Waals surface area contributed by atoms with E-state index < -0.39 is 31.1 Å². The Morgan fingerprint density at radius 2 is 2.13 bits per heavy atom. The van der Waals surface area contributed by atoms with Crippen LogP contribution in [0, 0.1) is 0 Å². The molecule has 1 aliphatic heterocycles. The molecular formula is C6H11N5O4. The molecule has 0 amide bonds. The van der Waals surface area contributed by atoms with Gasteiger partial charge in [-0.05, 0) is 5.21 Å². The summed E-state index contributed by atoms with van der Waals surface area (Å²) in [5.41, 5.74) is 5.24. The number of nitrogen functional groups attached to an aromatic ring is 1. The average Bonchev–Trinajstić information content (AvgIpc) is 2.74. The molecule has 15 heavy (non-hydrogen) atoms. The lowest BCUT2D eigenvalue weighted by molar-refractivity contribution is -0.0661. The second-order valence-corrected chi connectivity index (χ2v) is 3.20. The molecule has 1 aliphatic rings. The number of anilines is 1. The first-order valence-electron chi connectivity index (χ1n) is 4.31. The van der Waals surface area contributed by atoms with Gasteiger partial charge in [0.05, 0.1) is 6.61 Å². The monoisotopic (exact) mass is 217 g/mol. The molecule has 84 valence electrons. The normalized spacial score (nSPS) is 35.9. The van der Waals surface area contributed by atoms with Gasteiger partial charge < -0.3 is 25.8 Å². The molecule has 9 heteroatoms. The third-order valence-corrected chi connectivity index (χ3v) is 2.19. The number of hydrogen-bond donors (Lipinski definition) is 4. The molecular weight excluding hydrogens is 206 g/mol. The molecule has 0 spiro atoms. The Hall–Kier alpha value is -1.29. The van der Waals surface area contributed by atoms with Crippen LogP contribution in [0.25, 0.3) is 0 Å². The van der Waals surface area contributed by atoms with Gasteiger partial charge in [-0.3, -0.25) is 0 Å². The van der Waals surface area contributed by atoms with E-state index >= 15 is 0 Å². The Labute approximate surface area is 84.1 Å². The Morgan fingerprint density at radius 3 is 2.60 bits per heavy atom. The Bertz CT molecular complexity index is 344. The van der Waals surface area contributed by atoms with Crippen LogP contribution < -0.4 is 5.73 Å². The van der Waals surface area contributed by atoms with Crippen LogP contribution >= 0.6 is 0 Å². The van der Waals surface area contributed by atoms with Gasteiger partial charge in [-0.1, -0.05) is 5.10 Å². The zero-order valence-corrected chi connectivity index (χ0v) is 7.63. The van der Waals surface area contributed by atoms with E-state index in [1.807, 2.05) is 0 Å². The van der Waals surface area contributed by atoms with E-state index in [0.717, 1.165) is 4.80 Å². The first-order valence-corrected chi connectivity index (χ1v) is 4.31. The molecule has 1 fully saturated rings. The smallest absolute Gasteiger partial charge is 0.261 e. The standard InChI is InChI=1S/C6H11N5O4/c7-6-8-10-11(9-6)5-4(14)3(13)2(1-12)15-5/h2-5,12-14H,1H2,(H2,7,9)/t2-,3-,4-,5-/m1/s1. The largest absolute Gasteiger partial charge is 0.394 e. The first kappa shape index (κ1) is 10.2. The molecule has 0 saturated carbocycles. The molecule has 2 heterocycles. The van der Waals surface area contributed by atoms with Gasteiger partial charge in [0.2, 0.25) is 0 Å². The molecule has 0 aromatic carbocycles. The Kier molecular flexibility index (Phi) is 2.52. The number of aliphatic hydroxyl groups excluding tert-OH is 3. The van der Waals surface area contributed by atoms with Crippen LogP contribution in [-0.4, -0.2) is 60.4 Å². The van der Waals surface area contributed by atoms with Gasteiger partial charge in [-0.25, -0.2) is 0 Å². The van der Waals surface area contributed by atoms with Crippen LogP contribution in [0.2, 0.25) is 0 Å². The average molecular weight is 217 g/mol. The summed E-state index contributed by atoms with van der Waals surface area (Å²) in [7, 11) is 0. The van der Waals surface area contributed by atoms with Crippen molar-refractivity contribution in [2.45, 2.75) is 24.5 Å². The van der Waals surface area contributed by atoms with Crippen molar-refractivity contribution in [1.82, 2.24) is 20.2 Å². The van der Waals surface area contributed by atoms with Gasteiger partial charge in [-0.15, -0.1) is 9.90 Å². The van der Waals surface area contributed by atoms with Crippen molar-refractivity contribution >= 4 is 5.95 Å². The molecule has 5 N–H and O–H groups in total. The minimum atomic E-state index is -1.23. The van der Waals surface area contributed by atoms with E-state index in [9.17, 15) is 10.2 Å². The van der Waals surface area contributed by atoms with Crippen LogP contribution in [0.1, 0.15) is 6.23 Å². The van der Waals surface area contributed by atoms with Crippen molar-refractivity contribution in [2.75, 3.05) is 12.3 Å². The number of ether oxygens (including phenoxy) is 1. The highest BCUT2D eigenvalue weighted by molar-refractivity contribution is 5.06. The summed E-state index contributed by atoms with van der Waals surface area (Å²) in [6.45, 7) is -0.404. The number of hydrogen-bond acceptors (Lipinski definition) is 8. The van der Waals surface area contributed by atoms with Crippen molar-refractivity contribution in [3.05, 3.63) is 0 Å².